The van der Waals surface area contributed by atoms with Crippen LogP contribution in [0.1, 0.15) is 18.4 Å². The Morgan fingerprint density at radius 3 is 2.38 bits per heavy atom. The zero-order chi connectivity index (χ0) is 18.0. The molecule has 0 aromatic heterocycles. The van der Waals surface area contributed by atoms with Gasteiger partial charge in [0.05, 0.1) is 4.90 Å². The number of guanidine groups is 1. The molecule has 0 saturated carbocycles. The second kappa shape index (κ2) is 10.6. The Morgan fingerprint density at radius 2 is 1.83 bits per heavy atom. The normalized spacial score (nSPS) is 12.5. The topological polar surface area (TPSA) is 73.8 Å². The summed E-state index contributed by atoms with van der Waals surface area (Å²) in [5.41, 5.74) is 0.998. The molecule has 6 nitrogen and oxygen atoms in total. The van der Waals surface area contributed by atoms with E-state index in [-0.39, 0.29) is 0 Å². The maximum Gasteiger partial charge on any atom is 0.242 e. The number of unbranched alkanes of at least 4 members (excludes halogenated alkanes) is 1. The molecule has 0 heterocycles. The van der Waals surface area contributed by atoms with Crippen molar-refractivity contribution in [1.82, 2.24) is 14.9 Å². The Hall–Kier alpha value is -1.25. The fourth-order valence-corrected chi connectivity index (χ4v) is 3.37. The van der Waals surface area contributed by atoms with Crippen LogP contribution < -0.4 is 10.6 Å². The van der Waals surface area contributed by atoms with Crippen LogP contribution in [-0.4, -0.2) is 58.4 Å². The van der Waals surface area contributed by atoms with Crippen LogP contribution in [0.2, 0.25) is 0 Å². The molecule has 136 valence electrons. The first-order valence-electron chi connectivity index (χ1n) is 7.86. The van der Waals surface area contributed by atoms with E-state index in [1.54, 1.807) is 19.2 Å². The molecule has 0 aliphatic rings. The number of hydrogen-bond acceptors (Lipinski definition) is 4. The molecule has 0 aliphatic carbocycles. The smallest absolute Gasteiger partial charge is 0.242 e. The van der Waals surface area contributed by atoms with Crippen molar-refractivity contribution >= 4 is 27.7 Å². The first kappa shape index (κ1) is 20.8. The van der Waals surface area contributed by atoms with Crippen LogP contribution >= 0.6 is 11.8 Å². The monoisotopic (exact) mass is 372 g/mol. The number of nitrogens with zero attached hydrogens (tertiary/aromatic N) is 2. The molecule has 0 atom stereocenters. The lowest BCUT2D eigenvalue weighted by molar-refractivity contribution is 0.520. The van der Waals surface area contributed by atoms with E-state index >= 15 is 0 Å². The molecular formula is C16H28N4O2S2. The van der Waals surface area contributed by atoms with E-state index in [2.05, 4.69) is 21.9 Å². The van der Waals surface area contributed by atoms with Gasteiger partial charge in [-0.3, -0.25) is 4.99 Å². The highest BCUT2D eigenvalue weighted by Crippen LogP contribution is 2.13. The van der Waals surface area contributed by atoms with E-state index in [9.17, 15) is 8.42 Å². The maximum atomic E-state index is 12.0. The van der Waals surface area contributed by atoms with Crippen LogP contribution in [0.3, 0.4) is 0 Å². The van der Waals surface area contributed by atoms with Crippen LogP contribution in [0, 0.1) is 0 Å². The second-order valence-corrected chi connectivity index (χ2v) is 8.62. The third-order valence-corrected chi connectivity index (χ3v) is 5.98. The molecule has 0 radical (unpaired) electrons. The van der Waals surface area contributed by atoms with E-state index in [0.717, 1.165) is 24.5 Å². The number of sulfonamides is 1. The summed E-state index contributed by atoms with van der Waals surface area (Å²) in [7, 11) is 1.42. The van der Waals surface area contributed by atoms with Crippen molar-refractivity contribution in [2.24, 2.45) is 4.99 Å². The van der Waals surface area contributed by atoms with Crippen molar-refractivity contribution in [2.45, 2.75) is 24.3 Å². The minimum atomic E-state index is -3.37. The molecule has 0 bridgehead atoms. The minimum absolute atomic E-state index is 0.299. The van der Waals surface area contributed by atoms with E-state index in [4.69, 9.17) is 0 Å². The molecule has 0 saturated heterocycles. The summed E-state index contributed by atoms with van der Waals surface area (Å²) in [5.74, 6) is 1.93. The van der Waals surface area contributed by atoms with Gasteiger partial charge in [-0.25, -0.2) is 12.7 Å². The molecule has 1 aromatic rings. The Kier molecular flexibility index (Phi) is 9.17. The van der Waals surface area contributed by atoms with Crippen molar-refractivity contribution in [3.63, 3.8) is 0 Å². The molecule has 2 N–H and O–H groups in total. The average molecular weight is 373 g/mol. The lowest BCUT2D eigenvalue weighted by Gasteiger charge is -2.13. The third-order valence-electron chi connectivity index (χ3n) is 3.45. The summed E-state index contributed by atoms with van der Waals surface area (Å²) in [5, 5.41) is 6.51. The number of hydrogen-bond donors (Lipinski definition) is 2. The van der Waals surface area contributed by atoms with Crippen LogP contribution in [0.4, 0.5) is 0 Å². The molecule has 0 amide bonds. The Bertz CT molecular complexity index is 613. The summed E-state index contributed by atoms with van der Waals surface area (Å²) >= 11 is 1.86. The van der Waals surface area contributed by atoms with Gasteiger partial charge in [0, 0.05) is 34.2 Å². The molecule has 24 heavy (non-hydrogen) atoms. The quantitative estimate of drug-likeness (QED) is 0.392. The standard InChI is InChI=1S/C16H28N4O2S2/c1-17-16(18-11-5-6-12-23-4)19-13-14-7-9-15(10-8-14)24(21,22)20(2)3/h7-10H,5-6,11-13H2,1-4H3,(H2,17,18,19). The molecule has 1 rings (SSSR count). The van der Waals surface area contributed by atoms with Gasteiger partial charge in [0.15, 0.2) is 5.96 Å². The average Bonchev–Trinajstić information content (AvgIpc) is 2.57. The summed E-state index contributed by atoms with van der Waals surface area (Å²) in [6.45, 7) is 1.48. The van der Waals surface area contributed by atoms with Crippen LogP contribution in [-0.2, 0) is 16.6 Å². The van der Waals surface area contributed by atoms with Gasteiger partial charge in [0.25, 0.3) is 0 Å². The predicted octanol–water partition coefficient (Wildman–Crippen LogP) is 1.75. The summed E-state index contributed by atoms with van der Waals surface area (Å²) < 4.78 is 25.3. The van der Waals surface area contributed by atoms with E-state index in [1.807, 2.05) is 23.9 Å². The molecule has 0 spiro atoms. The zero-order valence-electron chi connectivity index (χ0n) is 14.9. The number of thioether (sulfide) groups is 1. The number of benzene rings is 1. The molecule has 0 aliphatic heterocycles. The highest BCUT2D eigenvalue weighted by atomic mass is 32.2. The van der Waals surface area contributed by atoms with Crippen LogP contribution in [0.25, 0.3) is 0 Å². The molecule has 8 heteroatoms. The van der Waals surface area contributed by atoms with Crippen LogP contribution in [0.5, 0.6) is 0 Å². The van der Waals surface area contributed by atoms with Crippen molar-refractivity contribution in [2.75, 3.05) is 39.7 Å². The van der Waals surface area contributed by atoms with E-state index < -0.39 is 10.0 Å². The minimum Gasteiger partial charge on any atom is -0.356 e. The number of nitrogens with one attached hydrogen (secondary N) is 2. The van der Waals surface area contributed by atoms with Gasteiger partial charge < -0.3 is 10.6 Å². The molecule has 0 unspecified atom stereocenters. The second-order valence-electron chi connectivity index (χ2n) is 5.48. The predicted molar refractivity (Wildman–Crippen MR) is 103 cm³/mol. The summed E-state index contributed by atoms with van der Waals surface area (Å²) in [4.78, 5) is 4.49. The first-order chi connectivity index (χ1) is 11.4. The van der Waals surface area contributed by atoms with Crippen LogP contribution in [0.15, 0.2) is 34.2 Å². The molecule has 0 fully saturated rings. The van der Waals surface area contributed by atoms with Gasteiger partial charge >= 0.3 is 0 Å². The van der Waals surface area contributed by atoms with Crippen molar-refractivity contribution in [3.8, 4) is 0 Å². The summed E-state index contributed by atoms with van der Waals surface area (Å²) in [6.07, 6.45) is 4.41. The van der Waals surface area contributed by atoms with E-state index in [1.165, 1.54) is 30.6 Å². The fraction of sp³-hybridized carbons (Fsp3) is 0.562. The fourth-order valence-electron chi connectivity index (χ4n) is 1.97. The van der Waals surface area contributed by atoms with Gasteiger partial charge in [-0.1, -0.05) is 12.1 Å². The van der Waals surface area contributed by atoms with Crippen molar-refractivity contribution in [1.29, 1.82) is 0 Å². The largest absolute Gasteiger partial charge is 0.356 e. The molecular weight excluding hydrogens is 344 g/mol. The molecule has 1 aromatic carbocycles. The van der Waals surface area contributed by atoms with Gasteiger partial charge in [-0.2, -0.15) is 11.8 Å². The number of rotatable bonds is 9. The lowest BCUT2D eigenvalue weighted by atomic mass is 10.2. The van der Waals surface area contributed by atoms with Gasteiger partial charge in [-0.15, -0.1) is 0 Å². The highest BCUT2D eigenvalue weighted by molar-refractivity contribution is 7.98. The maximum absolute atomic E-state index is 12.0. The third kappa shape index (κ3) is 6.70. The summed E-state index contributed by atoms with van der Waals surface area (Å²) in [6, 6.07) is 6.89. The van der Waals surface area contributed by atoms with Gasteiger partial charge in [0.2, 0.25) is 10.0 Å². The van der Waals surface area contributed by atoms with Gasteiger partial charge in [-0.05, 0) is 42.5 Å². The Labute approximate surface area is 150 Å². The first-order valence-corrected chi connectivity index (χ1v) is 10.7. The van der Waals surface area contributed by atoms with E-state index in [0.29, 0.717) is 11.4 Å². The zero-order valence-corrected chi connectivity index (χ0v) is 16.5. The van der Waals surface area contributed by atoms with Crippen molar-refractivity contribution in [3.05, 3.63) is 29.8 Å². The lowest BCUT2D eigenvalue weighted by Crippen LogP contribution is -2.37. The van der Waals surface area contributed by atoms with Crippen molar-refractivity contribution < 1.29 is 8.42 Å². The van der Waals surface area contributed by atoms with Gasteiger partial charge in [0.1, 0.15) is 0 Å². The Morgan fingerprint density at radius 1 is 1.17 bits per heavy atom. The highest BCUT2D eigenvalue weighted by Gasteiger charge is 2.16. The SMILES string of the molecule is CN=C(NCCCCSC)NCc1ccc(S(=O)(=O)N(C)C)cc1. The Balaban J connectivity index is 2.49. The number of aliphatic imine (C=N–C) groups is 1.